The second-order valence-electron chi connectivity index (χ2n) is 11.0. The van der Waals surface area contributed by atoms with E-state index in [0.29, 0.717) is 13.8 Å². The number of carbonyl (C=O) groups is 2. The zero-order chi connectivity index (χ0) is 33.4. The van der Waals surface area contributed by atoms with Crippen LogP contribution in [0.1, 0.15) is 27.7 Å². The Morgan fingerprint density at radius 3 is 2.51 bits per heavy atom. The third-order valence-electron chi connectivity index (χ3n) is 6.56. The van der Waals surface area contributed by atoms with Crippen molar-refractivity contribution in [2.24, 2.45) is 0 Å². The van der Waals surface area contributed by atoms with Crippen LogP contribution < -0.4 is 24.4 Å². The summed E-state index contributed by atoms with van der Waals surface area (Å²) < 4.78 is 86.6. The molecule has 0 radical (unpaired) electrons. The minimum Gasteiger partial charge on any atom is -0.484 e. The number of sulfonamides is 1. The molecule has 246 valence electrons. The number of hydrogen-bond acceptors (Lipinski definition) is 10. The molecule has 1 atom stereocenters. The van der Waals surface area contributed by atoms with Crippen LogP contribution in [0, 0.1) is 0 Å². The molecule has 0 saturated heterocycles. The standard InChI is InChI=1S/C27H32F3N5O9S/c1-25(2,39)23(37)31-14-17-15-35(45(40,41)21-18-7-5-6-10-34(18)33-22(21)42-12-11-36)19-13-16(8-9-20(19)43-17)32-24(38)44-26(3,4)27(28,29)30/h5-10,13,17,36,39H,11-12,14-15H2,1-4H3,(H,31,37)(H,32,38). The number of aromatic nitrogens is 2. The van der Waals surface area contributed by atoms with E-state index in [1.807, 2.05) is 0 Å². The number of halogens is 3. The second kappa shape index (κ2) is 12.2. The Kier molecular flexibility index (Phi) is 9.14. The lowest BCUT2D eigenvalue weighted by Crippen LogP contribution is -2.51. The monoisotopic (exact) mass is 659 g/mol. The summed E-state index contributed by atoms with van der Waals surface area (Å²) >= 11 is 0. The highest BCUT2D eigenvalue weighted by Gasteiger charge is 2.51. The molecule has 4 rings (SSSR count). The number of nitrogens with zero attached hydrogens (tertiary/aromatic N) is 3. The summed E-state index contributed by atoms with van der Waals surface area (Å²) in [4.78, 5) is 24.3. The smallest absolute Gasteiger partial charge is 0.427 e. The Morgan fingerprint density at radius 1 is 1.16 bits per heavy atom. The molecule has 3 aromatic rings. The van der Waals surface area contributed by atoms with Gasteiger partial charge in [0, 0.05) is 11.9 Å². The van der Waals surface area contributed by atoms with Gasteiger partial charge in [-0.1, -0.05) is 6.07 Å². The largest absolute Gasteiger partial charge is 0.484 e. The molecule has 0 aliphatic carbocycles. The van der Waals surface area contributed by atoms with Gasteiger partial charge in [-0.2, -0.15) is 13.2 Å². The first-order valence-electron chi connectivity index (χ1n) is 13.5. The summed E-state index contributed by atoms with van der Waals surface area (Å²) in [5.74, 6) is -1.08. The van der Waals surface area contributed by atoms with Crippen LogP contribution in [-0.4, -0.2) is 90.0 Å². The first-order chi connectivity index (χ1) is 20.8. The highest BCUT2D eigenvalue weighted by molar-refractivity contribution is 7.93. The number of aliphatic hydroxyl groups is 2. The van der Waals surface area contributed by atoms with Gasteiger partial charge in [-0.05, 0) is 58.0 Å². The van der Waals surface area contributed by atoms with Crippen LogP contribution in [0.3, 0.4) is 0 Å². The van der Waals surface area contributed by atoms with Crippen molar-refractivity contribution in [1.82, 2.24) is 14.9 Å². The molecule has 1 aliphatic heterocycles. The molecule has 18 heteroatoms. The molecule has 2 amide bonds. The van der Waals surface area contributed by atoms with E-state index in [1.165, 1.54) is 48.8 Å². The number of carbonyl (C=O) groups excluding carboxylic acids is 2. The molecule has 3 heterocycles. The summed E-state index contributed by atoms with van der Waals surface area (Å²) in [7, 11) is -4.60. The van der Waals surface area contributed by atoms with E-state index in [-0.39, 0.29) is 46.6 Å². The molecular weight excluding hydrogens is 627 g/mol. The number of nitrogens with one attached hydrogen (secondary N) is 2. The number of rotatable bonds is 10. The molecule has 1 aromatic carbocycles. The lowest BCUT2D eigenvalue weighted by atomic mass is 10.1. The van der Waals surface area contributed by atoms with Gasteiger partial charge < -0.3 is 29.7 Å². The van der Waals surface area contributed by atoms with Gasteiger partial charge in [-0.25, -0.2) is 17.7 Å². The number of amides is 2. The predicted octanol–water partition coefficient (Wildman–Crippen LogP) is 2.44. The predicted molar refractivity (Wildman–Crippen MR) is 153 cm³/mol. The summed E-state index contributed by atoms with van der Waals surface area (Å²) in [6.07, 6.45) is -5.81. The van der Waals surface area contributed by atoms with Crippen molar-refractivity contribution in [3.8, 4) is 11.6 Å². The SMILES string of the molecule is CC(C)(O)C(=O)NCC1CN(S(=O)(=O)c2c(OCCO)nn3ccccc23)c2cc(NC(=O)OC(C)(C)C(F)(F)F)ccc2O1. The van der Waals surface area contributed by atoms with Gasteiger partial charge in [0.05, 0.1) is 30.9 Å². The molecule has 1 aliphatic rings. The van der Waals surface area contributed by atoms with Gasteiger partial charge in [0.2, 0.25) is 5.60 Å². The van der Waals surface area contributed by atoms with Gasteiger partial charge >= 0.3 is 12.3 Å². The van der Waals surface area contributed by atoms with E-state index in [9.17, 15) is 41.4 Å². The molecule has 0 saturated carbocycles. The van der Waals surface area contributed by atoms with Crippen molar-refractivity contribution in [1.29, 1.82) is 0 Å². The van der Waals surface area contributed by atoms with Crippen LogP contribution in [-0.2, 0) is 19.6 Å². The van der Waals surface area contributed by atoms with Gasteiger partial charge in [0.25, 0.3) is 21.8 Å². The number of alkyl halides is 3. The van der Waals surface area contributed by atoms with E-state index in [0.717, 1.165) is 4.31 Å². The maximum Gasteiger partial charge on any atom is 0.427 e. The average molecular weight is 660 g/mol. The van der Waals surface area contributed by atoms with Crippen LogP contribution >= 0.6 is 0 Å². The molecule has 14 nitrogen and oxygen atoms in total. The maximum atomic E-state index is 14.4. The number of hydrogen-bond donors (Lipinski definition) is 4. The van der Waals surface area contributed by atoms with Gasteiger partial charge in [0.15, 0.2) is 4.90 Å². The summed E-state index contributed by atoms with van der Waals surface area (Å²) in [6.45, 7) is 2.54. The van der Waals surface area contributed by atoms with Crippen LogP contribution in [0.4, 0.5) is 29.3 Å². The first-order valence-corrected chi connectivity index (χ1v) is 14.9. The van der Waals surface area contributed by atoms with Crippen LogP contribution in [0.5, 0.6) is 11.6 Å². The van der Waals surface area contributed by atoms with Crippen molar-refractivity contribution >= 4 is 38.9 Å². The van der Waals surface area contributed by atoms with E-state index in [1.54, 1.807) is 12.1 Å². The minimum atomic E-state index is -4.86. The molecule has 2 aromatic heterocycles. The topological polar surface area (TPSA) is 181 Å². The fraction of sp³-hybridized carbons (Fsp3) is 0.444. The molecule has 0 bridgehead atoms. The number of anilines is 2. The van der Waals surface area contributed by atoms with E-state index in [2.05, 4.69) is 20.5 Å². The zero-order valence-electron chi connectivity index (χ0n) is 24.6. The number of pyridine rings is 1. The molecule has 4 N–H and O–H groups in total. The van der Waals surface area contributed by atoms with Gasteiger partial charge in [-0.3, -0.25) is 14.4 Å². The Bertz CT molecular complexity index is 1690. The highest BCUT2D eigenvalue weighted by atomic mass is 32.2. The zero-order valence-corrected chi connectivity index (χ0v) is 25.4. The number of benzene rings is 1. The van der Waals surface area contributed by atoms with Crippen molar-refractivity contribution < 1.29 is 55.6 Å². The van der Waals surface area contributed by atoms with Crippen molar-refractivity contribution in [2.75, 3.05) is 35.9 Å². The molecule has 45 heavy (non-hydrogen) atoms. The van der Waals surface area contributed by atoms with E-state index < -0.39 is 58.7 Å². The fourth-order valence-electron chi connectivity index (χ4n) is 4.12. The third-order valence-corrected chi connectivity index (χ3v) is 8.38. The minimum absolute atomic E-state index is 0.0174. The number of aliphatic hydroxyl groups excluding tert-OH is 1. The molecular formula is C27H32F3N5O9S. The van der Waals surface area contributed by atoms with Crippen molar-refractivity contribution in [3.05, 3.63) is 42.6 Å². The van der Waals surface area contributed by atoms with Gasteiger partial charge in [-0.15, -0.1) is 5.10 Å². The Morgan fingerprint density at radius 2 is 1.87 bits per heavy atom. The quantitative estimate of drug-likeness (QED) is 0.252. The van der Waals surface area contributed by atoms with E-state index in [4.69, 9.17) is 9.47 Å². The normalized spacial score (nSPS) is 15.7. The van der Waals surface area contributed by atoms with Crippen LogP contribution in [0.2, 0.25) is 0 Å². The van der Waals surface area contributed by atoms with E-state index >= 15 is 0 Å². The highest BCUT2D eigenvalue weighted by Crippen LogP contribution is 2.41. The average Bonchev–Trinajstić information content (AvgIpc) is 3.32. The Balaban J connectivity index is 1.76. The lowest BCUT2D eigenvalue weighted by molar-refractivity contribution is -0.242. The van der Waals surface area contributed by atoms with Crippen LogP contribution in [0.25, 0.3) is 5.52 Å². The Labute approximate surface area is 255 Å². The fourth-order valence-corrected chi connectivity index (χ4v) is 5.85. The summed E-state index contributed by atoms with van der Waals surface area (Å²) in [5.41, 5.74) is -4.66. The molecule has 0 spiro atoms. The van der Waals surface area contributed by atoms with Crippen molar-refractivity contribution in [2.45, 2.75) is 56.1 Å². The lowest BCUT2D eigenvalue weighted by Gasteiger charge is -2.36. The second-order valence-corrected chi connectivity index (χ2v) is 12.8. The Hall–Kier alpha value is -4.29. The number of ether oxygens (including phenoxy) is 3. The maximum absolute atomic E-state index is 14.4. The molecule has 1 unspecified atom stereocenters. The van der Waals surface area contributed by atoms with Gasteiger partial charge in [0.1, 0.15) is 24.1 Å². The van der Waals surface area contributed by atoms with Crippen molar-refractivity contribution in [3.63, 3.8) is 0 Å². The van der Waals surface area contributed by atoms with Crippen LogP contribution in [0.15, 0.2) is 47.5 Å². The number of fused-ring (bicyclic) bond motifs is 2. The first kappa shape index (κ1) is 33.6. The molecule has 0 fully saturated rings. The summed E-state index contributed by atoms with van der Waals surface area (Å²) in [6, 6.07) is 8.36. The summed E-state index contributed by atoms with van der Waals surface area (Å²) in [5, 5.41) is 28.1. The third kappa shape index (κ3) is 7.18.